The highest BCUT2D eigenvalue weighted by molar-refractivity contribution is 6.04. The molecule has 1 N–H and O–H groups in total. The zero-order valence-electron chi connectivity index (χ0n) is 14.8. The molecule has 0 atom stereocenters. The third-order valence-electron chi connectivity index (χ3n) is 3.74. The largest absolute Gasteiger partial charge is 0.464 e. The van der Waals surface area contributed by atoms with Crippen LogP contribution in [0.15, 0.2) is 0 Å². The molecular weight excluding hydrogens is 296 g/mol. The summed E-state index contributed by atoms with van der Waals surface area (Å²) in [5.74, 6) is -0.880. The molecule has 0 spiro atoms. The molecule has 6 heteroatoms. The van der Waals surface area contributed by atoms with E-state index in [0.717, 1.165) is 6.42 Å². The van der Waals surface area contributed by atoms with Crippen molar-refractivity contribution in [3.8, 4) is 0 Å². The van der Waals surface area contributed by atoms with E-state index >= 15 is 0 Å². The second-order valence-electron chi connectivity index (χ2n) is 5.95. The Kier molecular flexibility index (Phi) is 6.54. The number of aromatic nitrogens is 1. The number of ether oxygens (including phenoxy) is 1. The second kappa shape index (κ2) is 7.94. The molecule has 1 heterocycles. The first-order valence-corrected chi connectivity index (χ1v) is 7.83. The zero-order valence-corrected chi connectivity index (χ0v) is 14.8. The molecule has 0 fully saturated rings. The Labute approximate surface area is 137 Å². The third kappa shape index (κ3) is 4.21. The van der Waals surface area contributed by atoms with E-state index in [2.05, 4.69) is 4.98 Å². The predicted molar refractivity (Wildman–Crippen MR) is 87.6 cm³/mol. The summed E-state index contributed by atoms with van der Waals surface area (Å²) < 4.78 is 4.71. The maximum Gasteiger partial charge on any atom is 0.354 e. The Morgan fingerprint density at radius 3 is 2.30 bits per heavy atom. The van der Waals surface area contributed by atoms with Crippen LogP contribution in [0, 0.1) is 19.8 Å². The minimum absolute atomic E-state index is 0.0188. The van der Waals surface area contributed by atoms with E-state index in [1.165, 1.54) is 7.11 Å². The molecule has 0 aliphatic carbocycles. The molecule has 1 rings (SSSR count). The molecule has 0 aliphatic rings. The van der Waals surface area contributed by atoms with Gasteiger partial charge in [-0.1, -0.05) is 20.8 Å². The Balaban J connectivity index is 3.07. The van der Waals surface area contributed by atoms with E-state index in [1.54, 1.807) is 18.7 Å². The van der Waals surface area contributed by atoms with Crippen molar-refractivity contribution in [1.82, 2.24) is 9.88 Å². The average Bonchev–Trinajstić information content (AvgIpc) is 2.79. The smallest absolute Gasteiger partial charge is 0.354 e. The van der Waals surface area contributed by atoms with Gasteiger partial charge in [-0.05, 0) is 25.8 Å². The lowest BCUT2D eigenvalue weighted by Crippen LogP contribution is -2.39. The Hall–Kier alpha value is -2.11. The standard InChI is InChI=1S/C17H26N2O4/c1-7-8-19(16(21)10(2)3)9-13(20)14-11(4)15(17(22)23-6)18-12(14)5/h10,18H,7-9H2,1-6H3. The van der Waals surface area contributed by atoms with Gasteiger partial charge in [0.1, 0.15) is 5.69 Å². The second-order valence-corrected chi connectivity index (χ2v) is 5.95. The number of methoxy groups -OCH3 is 1. The summed E-state index contributed by atoms with van der Waals surface area (Å²) >= 11 is 0. The number of amides is 1. The van der Waals surface area contributed by atoms with Gasteiger partial charge in [0, 0.05) is 23.7 Å². The maximum absolute atomic E-state index is 12.7. The molecule has 23 heavy (non-hydrogen) atoms. The van der Waals surface area contributed by atoms with Crippen LogP contribution in [0.2, 0.25) is 0 Å². The normalized spacial score (nSPS) is 10.7. The highest BCUT2D eigenvalue weighted by atomic mass is 16.5. The van der Waals surface area contributed by atoms with Crippen LogP contribution in [0.5, 0.6) is 0 Å². The monoisotopic (exact) mass is 322 g/mol. The number of nitrogens with one attached hydrogen (secondary N) is 1. The van der Waals surface area contributed by atoms with E-state index in [0.29, 0.717) is 23.4 Å². The van der Waals surface area contributed by atoms with Gasteiger partial charge in [0.25, 0.3) is 0 Å². The molecule has 0 bridgehead atoms. The van der Waals surface area contributed by atoms with Crippen molar-refractivity contribution in [3.05, 3.63) is 22.5 Å². The van der Waals surface area contributed by atoms with Crippen LogP contribution >= 0.6 is 0 Å². The summed E-state index contributed by atoms with van der Waals surface area (Å²) in [6.45, 7) is 9.60. The molecule has 1 amide bonds. The van der Waals surface area contributed by atoms with E-state index in [9.17, 15) is 14.4 Å². The van der Waals surface area contributed by atoms with Crippen molar-refractivity contribution < 1.29 is 19.1 Å². The van der Waals surface area contributed by atoms with Gasteiger partial charge >= 0.3 is 5.97 Å². The van der Waals surface area contributed by atoms with Crippen LogP contribution in [0.4, 0.5) is 0 Å². The van der Waals surface area contributed by atoms with Crippen molar-refractivity contribution >= 4 is 17.7 Å². The first-order chi connectivity index (χ1) is 10.7. The van der Waals surface area contributed by atoms with Gasteiger partial charge in [-0.2, -0.15) is 0 Å². The number of hydrogen-bond donors (Lipinski definition) is 1. The Morgan fingerprint density at radius 1 is 1.22 bits per heavy atom. The van der Waals surface area contributed by atoms with Crippen LogP contribution in [-0.2, 0) is 9.53 Å². The lowest BCUT2D eigenvalue weighted by Gasteiger charge is -2.23. The van der Waals surface area contributed by atoms with Gasteiger partial charge in [-0.15, -0.1) is 0 Å². The fourth-order valence-corrected chi connectivity index (χ4v) is 2.63. The molecule has 0 saturated carbocycles. The minimum atomic E-state index is -0.506. The molecule has 0 saturated heterocycles. The van der Waals surface area contributed by atoms with Crippen molar-refractivity contribution in [2.45, 2.75) is 41.0 Å². The summed E-state index contributed by atoms with van der Waals surface area (Å²) in [6, 6.07) is 0. The van der Waals surface area contributed by atoms with E-state index < -0.39 is 5.97 Å². The number of carbonyl (C=O) groups excluding carboxylic acids is 3. The molecule has 0 aromatic carbocycles. The van der Waals surface area contributed by atoms with E-state index in [1.807, 2.05) is 20.8 Å². The zero-order chi connectivity index (χ0) is 17.7. The SMILES string of the molecule is CCCN(CC(=O)c1c(C)[nH]c(C(=O)OC)c1C)C(=O)C(C)C. The highest BCUT2D eigenvalue weighted by Gasteiger charge is 2.25. The first kappa shape index (κ1) is 18.9. The summed E-state index contributed by atoms with van der Waals surface area (Å²) in [5.41, 5.74) is 1.92. The molecule has 1 aromatic rings. The third-order valence-corrected chi connectivity index (χ3v) is 3.74. The van der Waals surface area contributed by atoms with Crippen molar-refractivity contribution in [3.63, 3.8) is 0 Å². The number of nitrogens with zero attached hydrogens (tertiary/aromatic N) is 1. The number of rotatable bonds is 7. The number of H-pyrrole nitrogens is 1. The number of aryl methyl sites for hydroxylation is 1. The quantitative estimate of drug-likeness (QED) is 0.618. The van der Waals surface area contributed by atoms with E-state index in [-0.39, 0.29) is 29.8 Å². The molecule has 6 nitrogen and oxygen atoms in total. The molecule has 0 radical (unpaired) electrons. The van der Waals surface area contributed by atoms with Gasteiger partial charge in [-0.3, -0.25) is 9.59 Å². The Morgan fingerprint density at radius 2 is 1.83 bits per heavy atom. The van der Waals surface area contributed by atoms with Crippen LogP contribution in [0.3, 0.4) is 0 Å². The fourth-order valence-electron chi connectivity index (χ4n) is 2.63. The van der Waals surface area contributed by atoms with Crippen LogP contribution in [0.1, 0.15) is 59.3 Å². The average molecular weight is 322 g/mol. The van der Waals surface area contributed by atoms with Gasteiger partial charge < -0.3 is 14.6 Å². The lowest BCUT2D eigenvalue weighted by molar-refractivity contribution is -0.134. The molecule has 0 aliphatic heterocycles. The van der Waals surface area contributed by atoms with Crippen LogP contribution < -0.4 is 0 Å². The number of aromatic amines is 1. The lowest BCUT2D eigenvalue weighted by atomic mass is 10.0. The van der Waals surface area contributed by atoms with E-state index in [4.69, 9.17) is 4.74 Å². The summed E-state index contributed by atoms with van der Waals surface area (Å²) in [5, 5.41) is 0. The number of ketones is 1. The summed E-state index contributed by atoms with van der Waals surface area (Å²) in [7, 11) is 1.30. The van der Waals surface area contributed by atoms with Crippen LogP contribution in [0.25, 0.3) is 0 Å². The molecule has 0 unspecified atom stereocenters. The minimum Gasteiger partial charge on any atom is -0.464 e. The number of Topliss-reactive ketones (excluding diaryl/α,β-unsaturated/α-hetero) is 1. The van der Waals surface area contributed by atoms with Gasteiger partial charge in [0.05, 0.1) is 13.7 Å². The van der Waals surface area contributed by atoms with Gasteiger partial charge in [-0.25, -0.2) is 4.79 Å². The molecule has 128 valence electrons. The topological polar surface area (TPSA) is 79.5 Å². The van der Waals surface area contributed by atoms with Crippen molar-refractivity contribution in [2.24, 2.45) is 5.92 Å². The van der Waals surface area contributed by atoms with Gasteiger partial charge in [0.2, 0.25) is 5.91 Å². The first-order valence-electron chi connectivity index (χ1n) is 7.83. The maximum atomic E-state index is 12.7. The Bertz CT molecular complexity index is 602. The summed E-state index contributed by atoms with van der Waals surface area (Å²) in [4.78, 5) is 41.1. The number of esters is 1. The predicted octanol–water partition coefficient (Wildman–Crippen LogP) is 2.50. The van der Waals surface area contributed by atoms with Crippen molar-refractivity contribution in [2.75, 3.05) is 20.2 Å². The highest BCUT2D eigenvalue weighted by Crippen LogP contribution is 2.20. The van der Waals surface area contributed by atoms with Crippen LogP contribution in [-0.4, -0.2) is 47.7 Å². The van der Waals surface area contributed by atoms with Gasteiger partial charge in [0.15, 0.2) is 5.78 Å². The molecule has 1 aromatic heterocycles. The number of carbonyl (C=O) groups is 3. The molecular formula is C17H26N2O4. The fraction of sp³-hybridized carbons (Fsp3) is 0.588. The summed E-state index contributed by atoms with van der Waals surface area (Å²) in [6.07, 6.45) is 0.782. The van der Waals surface area contributed by atoms with Crippen molar-refractivity contribution in [1.29, 1.82) is 0 Å². The number of hydrogen-bond acceptors (Lipinski definition) is 4.